The number of benzene rings is 1. The molecule has 2 heterocycles. The minimum atomic E-state index is -3.40. The molecule has 13 heteroatoms. The van der Waals surface area contributed by atoms with Crippen LogP contribution < -0.4 is 5.32 Å². The second-order valence-corrected chi connectivity index (χ2v) is 13.4. The molecule has 3 aliphatic rings. The molecule has 0 spiro atoms. The molecular weight excluding hydrogens is 533 g/mol. The molecule has 0 atom stereocenters. The Morgan fingerprint density at radius 3 is 2.65 bits per heavy atom. The third-order valence-corrected chi connectivity index (χ3v) is 11.3. The molecule has 0 saturated heterocycles. The summed E-state index contributed by atoms with van der Waals surface area (Å²) in [6, 6.07) is 8.96. The minimum absolute atomic E-state index is 0.0789. The van der Waals surface area contributed by atoms with Crippen LogP contribution in [0.1, 0.15) is 63.4 Å². The molecule has 2 amide bonds. The molecule has 1 aromatic heterocycles. The van der Waals surface area contributed by atoms with Crippen LogP contribution in [0.25, 0.3) is 0 Å². The number of aromatic nitrogens is 2. The standard InChI is InChI=1S/C24H27N5O5PS2/c1-28-21-19(20(27-28)22(30)26-13-16-4-2-15(12-25)3-5-16)6-9-29(23(21)31)14-24(7-8-24)37(32,33)18-10-17(11-18)34-36-35/h2-5,17-18,36H,6-11,13-14H2,1H3,(H,26,30)/q-1. The molecule has 1 N–H and O–H groups in total. The summed E-state index contributed by atoms with van der Waals surface area (Å²) in [6.07, 6.45) is 2.38. The van der Waals surface area contributed by atoms with E-state index in [2.05, 4.69) is 24.3 Å². The van der Waals surface area contributed by atoms with E-state index < -0.39 is 19.8 Å². The predicted molar refractivity (Wildman–Crippen MR) is 140 cm³/mol. The van der Waals surface area contributed by atoms with Gasteiger partial charge in [0, 0.05) is 13.6 Å². The van der Waals surface area contributed by atoms with Gasteiger partial charge in [0.25, 0.3) is 5.91 Å². The molecule has 0 radical (unpaired) electrons. The van der Waals surface area contributed by atoms with Crippen molar-refractivity contribution >= 4 is 40.5 Å². The molecule has 2 aliphatic carbocycles. The summed E-state index contributed by atoms with van der Waals surface area (Å²) < 4.78 is 32.6. The molecule has 37 heavy (non-hydrogen) atoms. The van der Waals surface area contributed by atoms with Gasteiger partial charge in [0.2, 0.25) is 0 Å². The van der Waals surface area contributed by atoms with E-state index in [0.29, 0.717) is 66.5 Å². The van der Waals surface area contributed by atoms with Gasteiger partial charge >= 0.3 is 134 Å². The van der Waals surface area contributed by atoms with Crippen LogP contribution in [-0.4, -0.2) is 64.1 Å². The molecule has 5 rings (SSSR count). The van der Waals surface area contributed by atoms with E-state index in [1.807, 2.05) is 0 Å². The van der Waals surface area contributed by atoms with Gasteiger partial charge in [0.05, 0.1) is 11.6 Å². The Hall–Kier alpha value is -2.45. The summed E-state index contributed by atoms with van der Waals surface area (Å²) in [5.41, 5.74) is 2.49. The molecule has 196 valence electrons. The number of carbonyl (C=O) groups is 2. The van der Waals surface area contributed by atoms with E-state index in [1.165, 1.54) is 4.68 Å². The van der Waals surface area contributed by atoms with Gasteiger partial charge in [-0.25, -0.2) is 0 Å². The van der Waals surface area contributed by atoms with Gasteiger partial charge < -0.3 is 5.32 Å². The average Bonchev–Trinajstić information content (AvgIpc) is 3.58. The van der Waals surface area contributed by atoms with Crippen LogP contribution in [0.5, 0.6) is 0 Å². The Balaban J connectivity index is 1.26. The summed E-state index contributed by atoms with van der Waals surface area (Å²) in [5.74, 6) is -0.682. The fourth-order valence-electron chi connectivity index (χ4n) is 5.16. The Morgan fingerprint density at radius 2 is 2.03 bits per heavy atom. The van der Waals surface area contributed by atoms with E-state index in [4.69, 9.17) is 9.44 Å². The van der Waals surface area contributed by atoms with Crippen LogP contribution in [0.4, 0.5) is 0 Å². The van der Waals surface area contributed by atoms with Crippen molar-refractivity contribution in [1.29, 1.82) is 5.26 Å². The van der Waals surface area contributed by atoms with Crippen molar-refractivity contribution in [3.05, 3.63) is 52.3 Å². The third-order valence-electron chi connectivity index (χ3n) is 7.59. The summed E-state index contributed by atoms with van der Waals surface area (Å²) >= 11 is 0.498. The molecule has 1 aliphatic heterocycles. The molecule has 0 bridgehead atoms. The number of rotatable bonds is 8. The number of nitriles is 1. The molecule has 1 aromatic carbocycles. The first-order valence-electron chi connectivity index (χ1n) is 12.0. The van der Waals surface area contributed by atoms with E-state index in [0.717, 1.165) is 5.56 Å². The molecule has 10 nitrogen and oxygen atoms in total. The van der Waals surface area contributed by atoms with Gasteiger partial charge in [-0.15, -0.1) is 0 Å². The van der Waals surface area contributed by atoms with Crippen molar-refractivity contribution in [2.24, 2.45) is 7.05 Å². The Labute approximate surface area is 220 Å². The number of nitrogens with zero attached hydrogens (tertiary/aromatic N) is 4. The predicted octanol–water partition coefficient (Wildman–Crippen LogP) is 1.77. The van der Waals surface area contributed by atoms with Crippen LogP contribution in [0.2, 0.25) is 0 Å². The number of carbonyl (C=O) groups excluding carboxylic acids is 2. The SMILES string of the molecule is Cn1nc(C(=O)NCc2ccc(C#N)cc2)c2c1C(=O)N(CC1(S(=O)(=O)C3CC(O[SH-]#P)C3)CC1)CC2. The first-order valence-corrected chi connectivity index (χ1v) is 15.6. The van der Waals surface area contributed by atoms with Crippen molar-refractivity contribution in [2.75, 3.05) is 13.1 Å². The Bertz CT molecular complexity index is 1450. The fourth-order valence-corrected chi connectivity index (χ4v) is 8.52. The fraction of sp³-hybridized carbons (Fsp3) is 0.500. The number of sulfone groups is 1. The van der Waals surface area contributed by atoms with Crippen LogP contribution in [0.15, 0.2) is 24.3 Å². The zero-order valence-electron chi connectivity index (χ0n) is 20.3. The summed E-state index contributed by atoms with van der Waals surface area (Å²) in [4.78, 5) is 27.9. The van der Waals surface area contributed by atoms with E-state index in [1.54, 1.807) is 36.2 Å². The number of hydrogen-bond donors (Lipinski definition) is 1. The van der Waals surface area contributed by atoms with Crippen LogP contribution in [-0.2, 0) is 45.1 Å². The number of hydrogen-bond acceptors (Lipinski definition) is 8. The number of aryl methyl sites for hydroxylation is 1. The molecule has 2 fully saturated rings. The normalized spacial score (nSPS) is 22.0. The number of nitrogens with one attached hydrogen (secondary N) is 1. The maximum absolute atomic E-state index is 13.4. The van der Waals surface area contributed by atoms with Crippen molar-refractivity contribution in [2.45, 2.75) is 54.7 Å². The third kappa shape index (κ3) is 4.78. The van der Waals surface area contributed by atoms with Crippen molar-refractivity contribution in [3.8, 4) is 6.07 Å². The van der Waals surface area contributed by atoms with E-state index in [9.17, 15) is 18.0 Å². The zero-order chi connectivity index (χ0) is 26.4. The van der Waals surface area contributed by atoms with Gasteiger partial charge in [0.1, 0.15) is 0 Å². The van der Waals surface area contributed by atoms with Gasteiger partial charge in [-0.3, -0.25) is 4.79 Å². The van der Waals surface area contributed by atoms with Crippen molar-refractivity contribution < 1.29 is 22.2 Å². The molecule has 2 aromatic rings. The van der Waals surface area contributed by atoms with Crippen molar-refractivity contribution in [1.82, 2.24) is 20.0 Å². The molecular formula is C24H27N5O5PS2-. The maximum atomic E-state index is 13.4. The van der Waals surface area contributed by atoms with Crippen molar-refractivity contribution in [3.63, 3.8) is 0 Å². The first kappa shape index (κ1) is 26.2. The molecule has 0 unspecified atom stereocenters. The van der Waals surface area contributed by atoms with Crippen LogP contribution >= 0.6 is 7.81 Å². The summed E-state index contributed by atoms with van der Waals surface area (Å²) in [6.45, 7) is 0.752. The van der Waals surface area contributed by atoms with Gasteiger partial charge in [-0.05, 0) is 17.7 Å². The van der Waals surface area contributed by atoms with E-state index in [-0.39, 0.29) is 36.7 Å². The average molecular weight is 561 g/mol. The second kappa shape index (κ2) is 10.0. The summed E-state index contributed by atoms with van der Waals surface area (Å²) in [7, 11) is 2.23. The zero-order valence-corrected chi connectivity index (χ0v) is 22.9. The topological polar surface area (TPSA) is 134 Å². The molecule has 2 saturated carbocycles. The van der Waals surface area contributed by atoms with Gasteiger partial charge in [-0.2, -0.15) is 10.4 Å². The number of amides is 2. The Morgan fingerprint density at radius 1 is 1.32 bits per heavy atom. The quantitative estimate of drug-likeness (QED) is 0.295. The van der Waals surface area contributed by atoms with Crippen LogP contribution in [0.3, 0.4) is 0 Å². The van der Waals surface area contributed by atoms with Gasteiger partial charge in [-0.1, -0.05) is 12.1 Å². The Kier molecular flexibility index (Phi) is 7.09. The van der Waals surface area contributed by atoms with E-state index >= 15 is 0 Å². The first-order chi connectivity index (χ1) is 17.7. The monoisotopic (exact) mass is 560 g/mol. The number of thiol groups is 1. The van der Waals surface area contributed by atoms with Crippen LogP contribution in [0, 0.1) is 11.3 Å². The number of fused-ring (bicyclic) bond motifs is 1. The van der Waals surface area contributed by atoms with Gasteiger partial charge in [0.15, 0.2) is 5.69 Å². The second-order valence-electron chi connectivity index (χ2n) is 9.90. The summed E-state index contributed by atoms with van der Waals surface area (Å²) in [5, 5.41) is 15.6.